The molecule has 4 aromatic rings. The van der Waals surface area contributed by atoms with Crippen LogP contribution < -0.4 is 4.74 Å². The van der Waals surface area contributed by atoms with Crippen LogP contribution >= 0.6 is 11.3 Å². The number of rotatable bonds is 6. The van der Waals surface area contributed by atoms with Gasteiger partial charge in [-0.25, -0.2) is 0 Å². The van der Waals surface area contributed by atoms with Gasteiger partial charge in [-0.2, -0.15) is 9.61 Å². The van der Waals surface area contributed by atoms with Crippen LogP contribution in [0.3, 0.4) is 0 Å². The largest absolute Gasteiger partial charge is 0.483 e. The van der Waals surface area contributed by atoms with Crippen LogP contribution in [0.5, 0.6) is 5.75 Å². The van der Waals surface area contributed by atoms with Gasteiger partial charge in [-0.3, -0.25) is 0 Å². The van der Waals surface area contributed by atoms with E-state index in [4.69, 9.17) is 4.74 Å². The quantitative estimate of drug-likeness (QED) is 0.525. The maximum Gasteiger partial charge on any atom is 0.234 e. The number of fused-ring (bicyclic) bond motifs is 1. The lowest BCUT2D eigenvalue weighted by molar-refractivity contribution is 0.225. The molecule has 0 saturated carbocycles. The summed E-state index contributed by atoms with van der Waals surface area (Å²) in [4.78, 5) is 0.807. The van der Waals surface area contributed by atoms with Gasteiger partial charge in [0.1, 0.15) is 11.9 Å². The molecule has 1 unspecified atom stereocenters. The molecule has 0 aliphatic rings. The summed E-state index contributed by atoms with van der Waals surface area (Å²) in [5.74, 6) is 1.72. The molecule has 0 N–H and O–H groups in total. The number of hydrogen-bond donors (Lipinski definition) is 0. The molecule has 0 aliphatic heterocycles. The van der Waals surface area contributed by atoms with Crippen LogP contribution in [-0.4, -0.2) is 19.8 Å². The van der Waals surface area contributed by atoms with Crippen LogP contribution in [0.4, 0.5) is 0 Å². The molecule has 4 rings (SSSR count). The molecule has 0 spiro atoms. The topological polar surface area (TPSA) is 52.3 Å². The van der Waals surface area contributed by atoms with Gasteiger partial charge in [-0.05, 0) is 31.0 Å². The third kappa shape index (κ3) is 3.53. The lowest BCUT2D eigenvalue weighted by Gasteiger charge is -2.11. The zero-order chi connectivity index (χ0) is 17.1. The average Bonchev–Trinajstić information content (AvgIpc) is 3.23. The summed E-state index contributed by atoms with van der Waals surface area (Å²) < 4.78 is 7.80. The predicted octanol–water partition coefficient (Wildman–Crippen LogP) is 4.11. The first-order valence-corrected chi connectivity index (χ1v) is 9.08. The van der Waals surface area contributed by atoms with Crippen molar-refractivity contribution in [1.29, 1.82) is 0 Å². The van der Waals surface area contributed by atoms with Crippen LogP contribution in [0.2, 0.25) is 0 Å². The molecule has 25 heavy (non-hydrogen) atoms. The molecule has 6 heteroatoms. The Morgan fingerprint density at radius 3 is 2.44 bits per heavy atom. The van der Waals surface area contributed by atoms with Gasteiger partial charge in [0.15, 0.2) is 10.8 Å². The van der Waals surface area contributed by atoms with Crippen molar-refractivity contribution in [3.05, 3.63) is 77.1 Å². The third-order valence-corrected chi connectivity index (χ3v) is 5.01. The Kier molecular flexibility index (Phi) is 4.43. The van der Waals surface area contributed by atoms with Crippen molar-refractivity contribution in [3.8, 4) is 5.75 Å². The monoisotopic (exact) mass is 350 g/mol. The molecule has 0 fully saturated rings. The van der Waals surface area contributed by atoms with Crippen LogP contribution in [0.15, 0.2) is 60.7 Å². The zero-order valence-corrected chi connectivity index (χ0v) is 14.7. The minimum absolute atomic E-state index is 0.129. The van der Waals surface area contributed by atoms with E-state index in [1.807, 2.05) is 47.8 Å². The molecule has 2 aromatic heterocycles. The molecule has 5 nitrogen and oxygen atoms in total. The molecule has 2 aromatic carbocycles. The maximum atomic E-state index is 5.95. The summed E-state index contributed by atoms with van der Waals surface area (Å²) in [6.45, 7) is 2.00. The van der Waals surface area contributed by atoms with Gasteiger partial charge in [0.2, 0.25) is 4.96 Å². The fourth-order valence-electron chi connectivity index (χ4n) is 2.65. The van der Waals surface area contributed by atoms with Crippen LogP contribution in [0, 0.1) is 0 Å². The van der Waals surface area contributed by atoms with Crippen molar-refractivity contribution < 1.29 is 4.74 Å². The molecule has 0 bridgehead atoms. The smallest absolute Gasteiger partial charge is 0.234 e. The van der Waals surface area contributed by atoms with Gasteiger partial charge < -0.3 is 4.74 Å². The molecular weight excluding hydrogens is 332 g/mol. The van der Waals surface area contributed by atoms with E-state index in [0.717, 1.165) is 34.4 Å². The summed E-state index contributed by atoms with van der Waals surface area (Å²) in [6.07, 6.45) is 1.60. The van der Waals surface area contributed by atoms with Crippen molar-refractivity contribution in [2.24, 2.45) is 0 Å². The highest BCUT2D eigenvalue weighted by atomic mass is 32.1. The first kappa shape index (κ1) is 15.8. The highest BCUT2D eigenvalue weighted by Crippen LogP contribution is 2.25. The Morgan fingerprint density at radius 2 is 1.68 bits per heavy atom. The second kappa shape index (κ2) is 7.03. The number of para-hydroxylation sites is 1. The van der Waals surface area contributed by atoms with Gasteiger partial charge in [-0.15, -0.1) is 10.2 Å². The van der Waals surface area contributed by atoms with E-state index >= 15 is 0 Å². The minimum Gasteiger partial charge on any atom is -0.483 e. The normalized spacial score (nSPS) is 12.4. The van der Waals surface area contributed by atoms with Crippen LogP contribution in [-0.2, 0) is 12.8 Å². The lowest BCUT2D eigenvalue weighted by Crippen LogP contribution is -2.05. The Hall–Kier alpha value is -2.73. The summed E-state index contributed by atoms with van der Waals surface area (Å²) in [6, 6.07) is 20.2. The molecule has 126 valence electrons. The van der Waals surface area contributed by atoms with E-state index in [2.05, 4.69) is 39.6 Å². The molecule has 1 atom stereocenters. The molecule has 0 aliphatic carbocycles. The number of ether oxygens (including phenoxy) is 1. The standard InChI is InChI=1S/C19H18N4OS/c1-14(24-16-10-6-3-7-11-16)18-22-23-17(20-21-19(23)25-18)13-12-15-8-4-2-5-9-15/h2-11,14H,12-13H2,1H3. The number of aryl methyl sites for hydroxylation is 2. The average molecular weight is 350 g/mol. The second-order valence-electron chi connectivity index (χ2n) is 5.81. The van der Waals surface area contributed by atoms with Gasteiger partial charge in [0.05, 0.1) is 0 Å². The predicted molar refractivity (Wildman–Crippen MR) is 98.0 cm³/mol. The minimum atomic E-state index is -0.129. The van der Waals surface area contributed by atoms with Gasteiger partial charge in [-0.1, -0.05) is 59.9 Å². The fraction of sp³-hybridized carbons (Fsp3) is 0.211. The zero-order valence-electron chi connectivity index (χ0n) is 13.9. The number of benzene rings is 2. The first-order chi connectivity index (χ1) is 12.3. The SMILES string of the molecule is CC(Oc1ccccc1)c1nn2c(CCc3ccccc3)nnc2s1. The summed E-state index contributed by atoms with van der Waals surface area (Å²) >= 11 is 1.52. The fourth-order valence-corrected chi connectivity index (χ4v) is 3.48. The lowest BCUT2D eigenvalue weighted by atomic mass is 10.1. The van der Waals surface area contributed by atoms with E-state index in [9.17, 15) is 0 Å². The highest BCUT2D eigenvalue weighted by Gasteiger charge is 2.17. The van der Waals surface area contributed by atoms with Gasteiger partial charge in [0, 0.05) is 6.42 Å². The number of aromatic nitrogens is 4. The molecule has 0 radical (unpaired) electrons. The first-order valence-electron chi connectivity index (χ1n) is 8.26. The van der Waals surface area contributed by atoms with E-state index in [1.165, 1.54) is 16.9 Å². The van der Waals surface area contributed by atoms with E-state index < -0.39 is 0 Å². The second-order valence-corrected chi connectivity index (χ2v) is 6.80. The Labute approximate surface area is 149 Å². The van der Waals surface area contributed by atoms with Crippen molar-refractivity contribution in [3.63, 3.8) is 0 Å². The van der Waals surface area contributed by atoms with E-state index in [1.54, 1.807) is 0 Å². The summed E-state index contributed by atoms with van der Waals surface area (Å²) in [5.41, 5.74) is 1.29. The molecular formula is C19H18N4OS. The molecule has 2 heterocycles. The van der Waals surface area contributed by atoms with Crippen molar-refractivity contribution in [1.82, 2.24) is 19.8 Å². The van der Waals surface area contributed by atoms with E-state index in [-0.39, 0.29) is 6.10 Å². The Morgan fingerprint density at radius 1 is 0.960 bits per heavy atom. The van der Waals surface area contributed by atoms with Crippen molar-refractivity contribution in [2.75, 3.05) is 0 Å². The van der Waals surface area contributed by atoms with Gasteiger partial charge in [0.25, 0.3) is 0 Å². The molecule has 0 amide bonds. The number of nitrogens with zero attached hydrogens (tertiary/aromatic N) is 4. The van der Waals surface area contributed by atoms with Crippen molar-refractivity contribution in [2.45, 2.75) is 25.9 Å². The summed E-state index contributed by atoms with van der Waals surface area (Å²) in [5, 5.41) is 14.1. The van der Waals surface area contributed by atoms with Gasteiger partial charge >= 0.3 is 0 Å². The van der Waals surface area contributed by atoms with Crippen LogP contribution in [0.1, 0.15) is 29.4 Å². The van der Waals surface area contributed by atoms with Crippen molar-refractivity contribution >= 4 is 16.3 Å². The molecule has 0 saturated heterocycles. The highest BCUT2D eigenvalue weighted by molar-refractivity contribution is 7.16. The maximum absolute atomic E-state index is 5.95. The Bertz CT molecular complexity index is 949. The Balaban J connectivity index is 1.50. The van der Waals surface area contributed by atoms with E-state index in [0.29, 0.717) is 0 Å². The number of hydrogen-bond acceptors (Lipinski definition) is 5. The third-order valence-electron chi connectivity index (χ3n) is 3.96. The summed E-state index contributed by atoms with van der Waals surface area (Å²) in [7, 11) is 0. The van der Waals surface area contributed by atoms with Crippen LogP contribution in [0.25, 0.3) is 4.96 Å².